The number of urea groups is 1. The van der Waals surface area contributed by atoms with Crippen LogP contribution in [0.25, 0.3) is 0 Å². The van der Waals surface area contributed by atoms with Crippen molar-refractivity contribution in [3.05, 3.63) is 65.7 Å². The molecule has 2 aromatic rings. The lowest BCUT2D eigenvalue weighted by molar-refractivity contribution is 0.240. The molecule has 2 rings (SSSR count). The summed E-state index contributed by atoms with van der Waals surface area (Å²) in [5.41, 5.74) is 1.96. The predicted molar refractivity (Wildman–Crippen MR) is 97.7 cm³/mol. The SMILES string of the molecule is CNS(=O)(=O)c1cccc(CNC(=O)NCCCc2ccccc2)c1. The van der Waals surface area contributed by atoms with Crippen molar-refractivity contribution < 1.29 is 13.2 Å². The van der Waals surface area contributed by atoms with Gasteiger partial charge in [-0.25, -0.2) is 17.9 Å². The fourth-order valence-electron chi connectivity index (χ4n) is 2.32. The van der Waals surface area contributed by atoms with E-state index in [9.17, 15) is 13.2 Å². The number of benzene rings is 2. The number of aryl methyl sites for hydroxylation is 1. The van der Waals surface area contributed by atoms with Gasteiger partial charge in [-0.15, -0.1) is 0 Å². The van der Waals surface area contributed by atoms with Crippen LogP contribution in [-0.2, 0) is 23.0 Å². The maximum Gasteiger partial charge on any atom is 0.315 e. The van der Waals surface area contributed by atoms with Gasteiger partial charge in [0.25, 0.3) is 0 Å². The summed E-state index contributed by atoms with van der Waals surface area (Å²) in [7, 11) is -2.12. The van der Waals surface area contributed by atoms with E-state index in [2.05, 4.69) is 27.5 Å². The van der Waals surface area contributed by atoms with E-state index >= 15 is 0 Å². The first-order chi connectivity index (χ1) is 12.0. The zero-order valence-corrected chi connectivity index (χ0v) is 15.0. The first-order valence-corrected chi connectivity index (χ1v) is 9.58. The topological polar surface area (TPSA) is 87.3 Å². The molecule has 0 spiro atoms. The van der Waals surface area contributed by atoms with Crippen LogP contribution in [0, 0.1) is 0 Å². The molecule has 134 valence electrons. The Morgan fingerprint density at radius 1 is 0.960 bits per heavy atom. The van der Waals surface area contributed by atoms with Crippen molar-refractivity contribution in [3.8, 4) is 0 Å². The quantitative estimate of drug-likeness (QED) is 0.629. The minimum absolute atomic E-state index is 0.178. The van der Waals surface area contributed by atoms with Gasteiger partial charge in [-0.05, 0) is 43.1 Å². The third-order valence-electron chi connectivity index (χ3n) is 3.70. The Morgan fingerprint density at radius 2 is 1.68 bits per heavy atom. The highest BCUT2D eigenvalue weighted by molar-refractivity contribution is 7.89. The summed E-state index contributed by atoms with van der Waals surface area (Å²) in [6, 6.07) is 16.3. The minimum Gasteiger partial charge on any atom is -0.338 e. The van der Waals surface area contributed by atoms with Crippen LogP contribution in [0.15, 0.2) is 59.5 Å². The molecule has 2 amide bonds. The average Bonchev–Trinajstić information content (AvgIpc) is 2.64. The van der Waals surface area contributed by atoms with E-state index in [0.29, 0.717) is 6.54 Å². The number of hydrogen-bond donors (Lipinski definition) is 3. The van der Waals surface area contributed by atoms with E-state index in [1.807, 2.05) is 18.2 Å². The highest BCUT2D eigenvalue weighted by Gasteiger charge is 2.11. The first kappa shape index (κ1) is 19.0. The minimum atomic E-state index is -3.48. The van der Waals surface area contributed by atoms with Crippen LogP contribution < -0.4 is 15.4 Å². The van der Waals surface area contributed by atoms with E-state index in [1.54, 1.807) is 18.2 Å². The fraction of sp³-hybridized carbons (Fsp3) is 0.278. The Balaban J connectivity index is 1.74. The molecule has 0 aliphatic heterocycles. The first-order valence-electron chi connectivity index (χ1n) is 8.09. The summed E-state index contributed by atoms with van der Waals surface area (Å²) in [4.78, 5) is 12.0. The Bertz CT molecular complexity index is 792. The number of carbonyl (C=O) groups is 1. The molecule has 0 unspecified atom stereocenters. The molecule has 0 aliphatic rings. The van der Waals surface area contributed by atoms with E-state index in [-0.39, 0.29) is 17.5 Å². The highest BCUT2D eigenvalue weighted by atomic mass is 32.2. The van der Waals surface area contributed by atoms with E-state index < -0.39 is 10.0 Å². The van der Waals surface area contributed by atoms with Crippen molar-refractivity contribution in [3.63, 3.8) is 0 Å². The largest absolute Gasteiger partial charge is 0.338 e. The maximum atomic E-state index is 11.8. The molecule has 25 heavy (non-hydrogen) atoms. The molecule has 0 aliphatic carbocycles. The van der Waals surface area contributed by atoms with Crippen LogP contribution in [0.5, 0.6) is 0 Å². The van der Waals surface area contributed by atoms with Gasteiger partial charge in [-0.1, -0.05) is 42.5 Å². The third-order valence-corrected chi connectivity index (χ3v) is 5.11. The van der Waals surface area contributed by atoms with Crippen molar-refractivity contribution >= 4 is 16.1 Å². The lowest BCUT2D eigenvalue weighted by Crippen LogP contribution is -2.35. The lowest BCUT2D eigenvalue weighted by atomic mass is 10.1. The van der Waals surface area contributed by atoms with Crippen LogP contribution in [-0.4, -0.2) is 28.0 Å². The summed E-state index contributed by atoms with van der Waals surface area (Å²) >= 11 is 0. The number of nitrogens with one attached hydrogen (secondary N) is 3. The molecule has 3 N–H and O–H groups in total. The Kier molecular flexibility index (Phi) is 6.97. The monoisotopic (exact) mass is 361 g/mol. The van der Waals surface area contributed by atoms with Gasteiger partial charge in [0.2, 0.25) is 10.0 Å². The van der Waals surface area contributed by atoms with Gasteiger partial charge in [-0.3, -0.25) is 0 Å². The van der Waals surface area contributed by atoms with Gasteiger partial charge < -0.3 is 10.6 Å². The zero-order chi connectivity index (χ0) is 18.1. The second-order valence-corrected chi connectivity index (χ2v) is 7.44. The van der Waals surface area contributed by atoms with Crippen LogP contribution in [0.1, 0.15) is 17.5 Å². The van der Waals surface area contributed by atoms with E-state index in [1.165, 1.54) is 18.7 Å². The van der Waals surface area contributed by atoms with Gasteiger partial charge in [0.15, 0.2) is 0 Å². The van der Waals surface area contributed by atoms with Gasteiger partial charge in [0.05, 0.1) is 4.90 Å². The fourth-order valence-corrected chi connectivity index (χ4v) is 3.12. The average molecular weight is 361 g/mol. The summed E-state index contributed by atoms with van der Waals surface area (Å²) in [6.45, 7) is 0.840. The van der Waals surface area contributed by atoms with Crippen LogP contribution in [0.4, 0.5) is 4.79 Å². The standard InChI is InChI=1S/C18H23N3O3S/c1-19-25(23,24)17-11-5-9-16(13-17)14-21-18(22)20-12-6-10-15-7-3-2-4-8-15/h2-5,7-9,11,13,19H,6,10,12,14H2,1H3,(H2,20,21,22). The molecule has 2 aromatic carbocycles. The molecule has 0 atom stereocenters. The normalized spacial score (nSPS) is 11.1. The van der Waals surface area contributed by atoms with Crippen molar-refractivity contribution in [2.24, 2.45) is 0 Å². The molecule has 6 nitrogen and oxygen atoms in total. The molecule has 0 radical (unpaired) electrons. The summed E-state index contributed by atoms with van der Waals surface area (Å²) in [5, 5.41) is 5.53. The number of carbonyl (C=O) groups excluding carboxylic acids is 1. The van der Waals surface area contributed by atoms with Crippen molar-refractivity contribution in [2.45, 2.75) is 24.3 Å². The van der Waals surface area contributed by atoms with Gasteiger partial charge in [0, 0.05) is 13.1 Å². The molecule has 0 aromatic heterocycles. The summed E-state index contributed by atoms with van der Waals surface area (Å²) < 4.78 is 25.8. The molecular formula is C18H23N3O3S. The molecule has 7 heteroatoms. The molecule has 0 bridgehead atoms. The third kappa shape index (κ3) is 6.21. The number of sulfonamides is 1. The zero-order valence-electron chi connectivity index (χ0n) is 14.2. The number of rotatable bonds is 8. The van der Waals surface area contributed by atoms with Gasteiger partial charge in [0.1, 0.15) is 0 Å². The summed E-state index contributed by atoms with van der Waals surface area (Å²) in [6.07, 6.45) is 1.76. The summed E-state index contributed by atoms with van der Waals surface area (Å²) in [5.74, 6) is 0. The van der Waals surface area contributed by atoms with Crippen LogP contribution >= 0.6 is 0 Å². The van der Waals surface area contributed by atoms with E-state index in [0.717, 1.165) is 18.4 Å². The van der Waals surface area contributed by atoms with Crippen molar-refractivity contribution in [2.75, 3.05) is 13.6 Å². The van der Waals surface area contributed by atoms with Crippen LogP contribution in [0.2, 0.25) is 0 Å². The number of amides is 2. The van der Waals surface area contributed by atoms with Gasteiger partial charge in [-0.2, -0.15) is 0 Å². The maximum absolute atomic E-state index is 11.8. The highest BCUT2D eigenvalue weighted by Crippen LogP contribution is 2.10. The molecule has 0 fully saturated rings. The lowest BCUT2D eigenvalue weighted by Gasteiger charge is -2.09. The second kappa shape index (κ2) is 9.19. The van der Waals surface area contributed by atoms with Gasteiger partial charge >= 0.3 is 6.03 Å². The molecule has 0 heterocycles. The Morgan fingerprint density at radius 3 is 2.40 bits per heavy atom. The van der Waals surface area contributed by atoms with Crippen LogP contribution in [0.3, 0.4) is 0 Å². The number of hydrogen-bond acceptors (Lipinski definition) is 3. The predicted octanol–water partition coefficient (Wildman–Crippen LogP) is 2.03. The second-order valence-electron chi connectivity index (χ2n) is 5.55. The molecular weight excluding hydrogens is 338 g/mol. The van der Waals surface area contributed by atoms with Crippen molar-refractivity contribution in [1.29, 1.82) is 0 Å². The Hall–Kier alpha value is -2.38. The molecule has 0 saturated heterocycles. The smallest absolute Gasteiger partial charge is 0.315 e. The van der Waals surface area contributed by atoms with E-state index in [4.69, 9.17) is 0 Å². The molecule has 0 saturated carbocycles. The Labute approximate surface area is 148 Å². The van der Waals surface area contributed by atoms with Crippen molar-refractivity contribution in [1.82, 2.24) is 15.4 Å².